The summed E-state index contributed by atoms with van der Waals surface area (Å²) in [5.74, 6) is -0.972. The number of carbonyl (C=O) groups excluding carboxylic acids is 3. The number of fused-ring (bicyclic) bond motifs is 1. The number of amides is 2. The highest BCUT2D eigenvalue weighted by atomic mass is 16.5. The fourth-order valence-corrected chi connectivity index (χ4v) is 3.29. The van der Waals surface area contributed by atoms with Gasteiger partial charge in [-0.2, -0.15) is 0 Å². The highest BCUT2D eigenvalue weighted by Gasteiger charge is 2.43. The van der Waals surface area contributed by atoms with Crippen molar-refractivity contribution in [2.45, 2.75) is 39.3 Å². The van der Waals surface area contributed by atoms with E-state index in [1.54, 1.807) is 56.3 Å². The Morgan fingerprint density at radius 2 is 1.66 bits per heavy atom. The van der Waals surface area contributed by atoms with Crippen LogP contribution < -0.4 is 0 Å². The average Bonchev–Trinajstić information content (AvgIpc) is 2.97. The molecule has 152 valence electrons. The van der Waals surface area contributed by atoms with E-state index in [2.05, 4.69) is 0 Å². The van der Waals surface area contributed by atoms with Gasteiger partial charge < -0.3 is 9.47 Å². The van der Waals surface area contributed by atoms with E-state index in [9.17, 15) is 14.4 Å². The van der Waals surface area contributed by atoms with Gasteiger partial charge >= 0.3 is 5.97 Å². The van der Waals surface area contributed by atoms with Gasteiger partial charge in [0.25, 0.3) is 11.8 Å². The Balaban J connectivity index is 1.63. The number of benzene rings is 2. The van der Waals surface area contributed by atoms with Crippen LogP contribution in [0.3, 0.4) is 0 Å². The molecule has 2 amide bonds. The van der Waals surface area contributed by atoms with Crippen LogP contribution in [-0.4, -0.2) is 41.4 Å². The van der Waals surface area contributed by atoms with Crippen LogP contribution in [-0.2, 0) is 16.1 Å². The highest BCUT2D eigenvalue weighted by molar-refractivity contribution is 6.21. The molecule has 2 aromatic rings. The van der Waals surface area contributed by atoms with E-state index in [-0.39, 0.29) is 31.0 Å². The van der Waals surface area contributed by atoms with Gasteiger partial charge in [0, 0.05) is 0 Å². The summed E-state index contributed by atoms with van der Waals surface area (Å²) in [4.78, 5) is 38.6. The van der Waals surface area contributed by atoms with E-state index < -0.39 is 5.54 Å². The molecule has 1 aliphatic heterocycles. The maximum atomic E-state index is 12.7. The minimum absolute atomic E-state index is 0.170. The minimum Gasteiger partial charge on any atom is -0.462 e. The van der Waals surface area contributed by atoms with Gasteiger partial charge in [-0.25, -0.2) is 4.79 Å². The molecular formula is C23H25NO5. The van der Waals surface area contributed by atoms with Gasteiger partial charge in [-0.3, -0.25) is 14.5 Å². The summed E-state index contributed by atoms with van der Waals surface area (Å²) < 4.78 is 11.0. The van der Waals surface area contributed by atoms with Crippen LogP contribution in [0.5, 0.6) is 0 Å². The smallest absolute Gasteiger partial charge is 0.338 e. The third-order valence-electron chi connectivity index (χ3n) is 4.72. The first kappa shape index (κ1) is 20.7. The number of rotatable bonds is 8. The molecule has 1 heterocycles. The lowest BCUT2D eigenvalue weighted by Crippen LogP contribution is -2.50. The van der Waals surface area contributed by atoms with Crippen LogP contribution in [0.25, 0.3) is 0 Å². The topological polar surface area (TPSA) is 72.9 Å². The van der Waals surface area contributed by atoms with Crippen molar-refractivity contribution < 1.29 is 23.9 Å². The maximum Gasteiger partial charge on any atom is 0.338 e. The molecule has 0 N–H and O–H groups in total. The van der Waals surface area contributed by atoms with Crippen molar-refractivity contribution in [3.8, 4) is 0 Å². The first-order valence-electron chi connectivity index (χ1n) is 9.67. The molecular weight excluding hydrogens is 370 g/mol. The summed E-state index contributed by atoms with van der Waals surface area (Å²) in [5.41, 5.74) is 1.31. The van der Waals surface area contributed by atoms with Crippen molar-refractivity contribution in [1.29, 1.82) is 0 Å². The van der Waals surface area contributed by atoms with E-state index in [1.807, 2.05) is 13.0 Å². The second-order valence-corrected chi connectivity index (χ2v) is 7.63. The molecule has 6 nitrogen and oxygen atoms in total. The summed E-state index contributed by atoms with van der Waals surface area (Å²) in [6.07, 6.45) is 0.765. The summed E-state index contributed by atoms with van der Waals surface area (Å²) >= 11 is 0. The lowest BCUT2D eigenvalue weighted by molar-refractivity contribution is 0.0117. The molecule has 2 aromatic carbocycles. The van der Waals surface area contributed by atoms with Crippen molar-refractivity contribution >= 4 is 17.8 Å². The van der Waals surface area contributed by atoms with Crippen molar-refractivity contribution in [2.24, 2.45) is 0 Å². The molecule has 0 aliphatic carbocycles. The van der Waals surface area contributed by atoms with Gasteiger partial charge in [0.15, 0.2) is 0 Å². The molecule has 6 heteroatoms. The lowest BCUT2D eigenvalue weighted by atomic mass is 10.0. The second kappa shape index (κ2) is 8.57. The van der Waals surface area contributed by atoms with Crippen LogP contribution in [0.2, 0.25) is 0 Å². The highest BCUT2D eigenvalue weighted by Crippen LogP contribution is 2.29. The summed E-state index contributed by atoms with van der Waals surface area (Å²) in [6, 6.07) is 13.9. The molecule has 3 rings (SSSR count). The summed E-state index contributed by atoms with van der Waals surface area (Å²) in [7, 11) is 0. The molecule has 0 fully saturated rings. The van der Waals surface area contributed by atoms with E-state index in [1.165, 1.54) is 4.90 Å². The van der Waals surface area contributed by atoms with Crippen molar-refractivity contribution in [3.05, 3.63) is 70.8 Å². The molecule has 1 aliphatic rings. The van der Waals surface area contributed by atoms with Crippen LogP contribution in [0, 0.1) is 0 Å². The predicted molar refractivity (Wildman–Crippen MR) is 108 cm³/mol. The van der Waals surface area contributed by atoms with Crippen LogP contribution >= 0.6 is 0 Å². The molecule has 0 spiro atoms. The molecule has 29 heavy (non-hydrogen) atoms. The predicted octanol–water partition coefficient (Wildman–Crippen LogP) is 3.84. The third kappa shape index (κ3) is 4.38. The Hall–Kier alpha value is -2.99. The van der Waals surface area contributed by atoms with Crippen molar-refractivity contribution in [1.82, 2.24) is 4.90 Å². The Morgan fingerprint density at radius 1 is 1.00 bits per heavy atom. The Kier molecular flexibility index (Phi) is 6.13. The van der Waals surface area contributed by atoms with Gasteiger partial charge in [0.1, 0.15) is 0 Å². The van der Waals surface area contributed by atoms with Crippen LogP contribution in [0.1, 0.15) is 63.8 Å². The summed E-state index contributed by atoms with van der Waals surface area (Å²) in [6.45, 7) is 6.34. The zero-order chi connectivity index (χ0) is 21.0. The van der Waals surface area contributed by atoms with Gasteiger partial charge in [-0.15, -0.1) is 0 Å². The number of nitrogens with zero attached hydrogens (tertiary/aromatic N) is 1. The first-order chi connectivity index (χ1) is 13.8. The van der Waals surface area contributed by atoms with E-state index in [4.69, 9.17) is 9.47 Å². The average molecular weight is 395 g/mol. The van der Waals surface area contributed by atoms with Gasteiger partial charge in [0.05, 0.1) is 42.0 Å². The molecule has 0 aromatic heterocycles. The van der Waals surface area contributed by atoms with E-state index in [0.29, 0.717) is 23.3 Å². The zero-order valence-corrected chi connectivity index (χ0v) is 16.9. The molecule has 0 saturated carbocycles. The normalized spacial score (nSPS) is 13.6. The first-order valence-corrected chi connectivity index (χ1v) is 9.67. The van der Waals surface area contributed by atoms with E-state index >= 15 is 0 Å². The Bertz CT molecular complexity index is 899. The molecule has 0 unspecified atom stereocenters. The Labute approximate surface area is 170 Å². The number of ether oxygens (including phenoxy) is 2. The Morgan fingerprint density at radius 3 is 2.28 bits per heavy atom. The molecule has 0 atom stereocenters. The van der Waals surface area contributed by atoms with Crippen molar-refractivity contribution in [3.63, 3.8) is 0 Å². The number of esters is 1. The molecule has 0 radical (unpaired) electrons. The number of hydrogen-bond acceptors (Lipinski definition) is 5. The van der Waals surface area contributed by atoms with Gasteiger partial charge in [0.2, 0.25) is 0 Å². The van der Waals surface area contributed by atoms with Gasteiger partial charge in [-0.1, -0.05) is 31.2 Å². The standard InChI is InChI=1S/C23H25NO5/c1-4-12-29-22(27)17-9-7-8-16(13-17)14-28-15-23(2,3)24-20(25)18-10-5-6-11-19(18)21(24)26/h5-11,13H,4,12,14-15H2,1-3H3. The molecule has 0 saturated heterocycles. The SMILES string of the molecule is CCCOC(=O)c1cccc(COCC(C)(C)N2C(=O)c3ccccc3C2=O)c1. The number of hydrogen-bond donors (Lipinski definition) is 0. The van der Waals surface area contributed by atoms with E-state index in [0.717, 1.165) is 12.0 Å². The number of carbonyl (C=O) groups is 3. The second-order valence-electron chi connectivity index (χ2n) is 7.63. The number of imide groups is 1. The minimum atomic E-state index is -0.815. The van der Waals surface area contributed by atoms with Gasteiger partial charge in [-0.05, 0) is 50.1 Å². The molecule has 0 bridgehead atoms. The fourth-order valence-electron chi connectivity index (χ4n) is 3.29. The fraction of sp³-hybridized carbons (Fsp3) is 0.348. The monoisotopic (exact) mass is 395 g/mol. The van der Waals surface area contributed by atoms with Crippen molar-refractivity contribution in [2.75, 3.05) is 13.2 Å². The maximum absolute atomic E-state index is 12.7. The summed E-state index contributed by atoms with van der Waals surface area (Å²) in [5, 5.41) is 0. The lowest BCUT2D eigenvalue weighted by Gasteiger charge is -2.33. The quantitative estimate of drug-likeness (QED) is 0.501. The zero-order valence-electron chi connectivity index (χ0n) is 16.9. The third-order valence-corrected chi connectivity index (χ3v) is 4.72. The largest absolute Gasteiger partial charge is 0.462 e. The van der Waals surface area contributed by atoms with Crippen LogP contribution in [0.15, 0.2) is 48.5 Å². The van der Waals surface area contributed by atoms with Crippen LogP contribution in [0.4, 0.5) is 0 Å².